The monoisotopic (exact) mass is 447 g/mol. The Morgan fingerprint density at radius 1 is 0.875 bits per heavy atom. The van der Waals surface area contributed by atoms with Crippen molar-refractivity contribution in [2.24, 2.45) is 0 Å². The molecule has 1 fully saturated rings. The Bertz CT molecular complexity index is 1190. The fourth-order valence-corrected chi connectivity index (χ4v) is 4.59. The number of halogens is 1. The van der Waals surface area contributed by atoms with Gasteiger partial charge >= 0.3 is 0 Å². The van der Waals surface area contributed by atoms with Crippen molar-refractivity contribution < 1.29 is 9.18 Å². The number of benzene rings is 2. The first kappa shape index (κ1) is 20.4. The minimum atomic E-state index is -0.248. The number of aromatic nitrogens is 3. The highest BCUT2D eigenvalue weighted by atomic mass is 32.1. The maximum Gasteiger partial charge on any atom is 0.293 e. The molecule has 1 aliphatic rings. The summed E-state index contributed by atoms with van der Waals surface area (Å²) < 4.78 is 15.0. The summed E-state index contributed by atoms with van der Waals surface area (Å²) in [5.41, 5.74) is 1.83. The van der Waals surface area contributed by atoms with Crippen LogP contribution < -0.4 is 4.90 Å². The van der Waals surface area contributed by atoms with Crippen molar-refractivity contribution in [3.8, 4) is 16.4 Å². The van der Waals surface area contributed by atoms with E-state index in [0.29, 0.717) is 25.5 Å². The van der Waals surface area contributed by atoms with E-state index in [1.54, 1.807) is 28.2 Å². The van der Waals surface area contributed by atoms with Crippen LogP contribution in [0.1, 0.15) is 17.0 Å². The summed E-state index contributed by atoms with van der Waals surface area (Å²) in [5.74, 6) is 0.449. The molecule has 2 aromatic heterocycles. The van der Waals surface area contributed by atoms with Gasteiger partial charge in [-0.3, -0.25) is 4.79 Å². The molecule has 0 N–H and O–H groups in total. The first-order valence-corrected chi connectivity index (χ1v) is 11.4. The van der Waals surface area contributed by atoms with Crippen molar-refractivity contribution >= 4 is 22.9 Å². The third kappa shape index (κ3) is 4.13. The summed E-state index contributed by atoms with van der Waals surface area (Å²) in [6.07, 6.45) is 0.820. The number of thiophene rings is 1. The second kappa shape index (κ2) is 8.92. The lowest BCUT2D eigenvalue weighted by Gasteiger charge is -2.23. The fraction of sp³-hybridized carbons (Fsp3) is 0.208. The highest BCUT2D eigenvalue weighted by Gasteiger charge is 2.26. The standard InChI is InChI=1S/C24H22FN5OS/c25-18-9-11-19(12-10-18)28-13-5-14-29(16-15-28)24(31)22-26-23(21-8-4-17-32-21)30(27-22)20-6-2-1-3-7-20/h1-4,6-12,17H,5,13-16H2. The molecule has 5 rings (SSSR count). The molecule has 8 heteroatoms. The highest BCUT2D eigenvalue weighted by molar-refractivity contribution is 7.13. The molecule has 0 radical (unpaired) electrons. The van der Waals surface area contributed by atoms with Gasteiger partial charge in [0.15, 0.2) is 5.82 Å². The van der Waals surface area contributed by atoms with E-state index in [4.69, 9.17) is 0 Å². The van der Waals surface area contributed by atoms with Crippen LogP contribution in [0.3, 0.4) is 0 Å². The Morgan fingerprint density at radius 3 is 2.44 bits per heavy atom. The van der Waals surface area contributed by atoms with Gasteiger partial charge in [0.25, 0.3) is 5.91 Å². The van der Waals surface area contributed by atoms with Gasteiger partial charge in [0.2, 0.25) is 5.82 Å². The van der Waals surface area contributed by atoms with Crippen LogP contribution in [0.2, 0.25) is 0 Å². The molecule has 1 saturated heterocycles. The van der Waals surface area contributed by atoms with Crippen molar-refractivity contribution in [1.29, 1.82) is 0 Å². The number of carbonyl (C=O) groups excluding carboxylic acids is 1. The van der Waals surface area contributed by atoms with Gasteiger partial charge in [0.1, 0.15) is 5.82 Å². The minimum absolute atomic E-state index is 0.168. The van der Waals surface area contributed by atoms with E-state index in [1.807, 2.05) is 52.7 Å². The molecule has 3 heterocycles. The van der Waals surface area contributed by atoms with Crippen molar-refractivity contribution in [2.75, 3.05) is 31.1 Å². The second-order valence-corrected chi connectivity index (χ2v) is 8.54. The summed E-state index contributed by atoms with van der Waals surface area (Å²) >= 11 is 1.57. The molecule has 2 aromatic carbocycles. The van der Waals surface area contributed by atoms with Crippen molar-refractivity contribution in [3.63, 3.8) is 0 Å². The average Bonchev–Trinajstić information content (AvgIpc) is 3.45. The van der Waals surface area contributed by atoms with Crippen LogP contribution in [-0.4, -0.2) is 51.8 Å². The van der Waals surface area contributed by atoms with Gasteiger partial charge in [-0.05, 0) is 54.3 Å². The Morgan fingerprint density at radius 2 is 1.69 bits per heavy atom. The van der Waals surface area contributed by atoms with Crippen LogP contribution in [0.15, 0.2) is 72.1 Å². The van der Waals surface area contributed by atoms with Crippen LogP contribution in [0, 0.1) is 5.82 Å². The highest BCUT2D eigenvalue weighted by Crippen LogP contribution is 2.26. The lowest BCUT2D eigenvalue weighted by Crippen LogP contribution is -2.35. The third-order valence-corrected chi connectivity index (χ3v) is 6.38. The Balaban J connectivity index is 1.39. The molecule has 0 spiro atoms. The zero-order valence-corrected chi connectivity index (χ0v) is 18.2. The summed E-state index contributed by atoms with van der Waals surface area (Å²) in [4.78, 5) is 22.9. The Hall–Kier alpha value is -3.52. The van der Waals surface area contributed by atoms with Crippen molar-refractivity contribution in [3.05, 3.63) is 83.8 Å². The van der Waals surface area contributed by atoms with Crippen molar-refractivity contribution in [1.82, 2.24) is 19.7 Å². The van der Waals surface area contributed by atoms with Gasteiger partial charge < -0.3 is 9.80 Å². The van der Waals surface area contributed by atoms with Crippen LogP contribution in [0.4, 0.5) is 10.1 Å². The third-order valence-electron chi connectivity index (χ3n) is 5.52. The SMILES string of the molecule is O=C(c1nc(-c2cccs2)n(-c2ccccc2)n1)N1CCCN(c2ccc(F)cc2)CC1. The topological polar surface area (TPSA) is 54.3 Å². The quantitative estimate of drug-likeness (QED) is 0.463. The van der Waals surface area contributed by atoms with E-state index in [0.717, 1.165) is 29.2 Å². The van der Waals surface area contributed by atoms with Gasteiger partial charge in [-0.25, -0.2) is 14.1 Å². The van der Waals surface area contributed by atoms with Gasteiger partial charge in [0.05, 0.1) is 10.6 Å². The van der Waals surface area contributed by atoms with Crippen molar-refractivity contribution in [2.45, 2.75) is 6.42 Å². The summed E-state index contributed by atoms with van der Waals surface area (Å²) in [7, 11) is 0. The van der Waals surface area contributed by atoms with E-state index < -0.39 is 0 Å². The van der Waals surface area contributed by atoms with Gasteiger partial charge in [-0.1, -0.05) is 24.3 Å². The summed E-state index contributed by atoms with van der Waals surface area (Å²) in [5, 5.41) is 6.58. The lowest BCUT2D eigenvalue weighted by molar-refractivity contribution is 0.0755. The number of para-hydroxylation sites is 1. The number of carbonyl (C=O) groups is 1. The molecule has 0 atom stereocenters. The summed E-state index contributed by atoms with van der Waals surface area (Å²) in [6, 6.07) is 20.2. The number of nitrogens with zero attached hydrogens (tertiary/aromatic N) is 5. The first-order valence-electron chi connectivity index (χ1n) is 10.6. The Labute approximate surface area is 189 Å². The number of anilines is 1. The van der Waals surface area contributed by atoms with E-state index >= 15 is 0 Å². The molecular weight excluding hydrogens is 425 g/mol. The maximum atomic E-state index is 13.3. The largest absolute Gasteiger partial charge is 0.370 e. The lowest BCUT2D eigenvalue weighted by atomic mass is 10.2. The molecule has 0 bridgehead atoms. The predicted octanol–water partition coefficient (Wildman–Crippen LogP) is 4.49. The van der Waals surface area contributed by atoms with E-state index in [-0.39, 0.29) is 17.5 Å². The first-order chi connectivity index (χ1) is 15.7. The smallest absolute Gasteiger partial charge is 0.293 e. The number of rotatable bonds is 4. The van der Waals surface area contributed by atoms with E-state index in [1.165, 1.54) is 12.1 Å². The number of amides is 1. The minimum Gasteiger partial charge on any atom is -0.370 e. The van der Waals surface area contributed by atoms with Gasteiger partial charge in [0, 0.05) is 31.9 Å². The molecule has 0 aliphatic carbocycles. The normalized spacial score (nSPS) is 14.4. The molecule has 162 valence electrons. The molecular formula is C24H22FN5OS. The van der Waals surface area contributed by atoms with E-state index in [9.17, 15) is 9.18 Å². The average molecular weight is 448 g/mol. The fourth-order valence-electron chi connectivity index (χ4n) is 3.89. The molecule has 0 saturated carbocycles. The molecule has 4 aromatic rings. The molecule has 1 aliphatic heterocycles. The Kier molecular flexibility index (Phi) is 5.68. The number of hydrogen-bond donors (Lipinski definition) is 0. The molecule has 0 unspecified atom stereocenters. The molecule has 6 nitrogen and oxygen atoms in total. The van der Waals surface area contributed by atoms with E-state index in [2.05, 4.69) is 15.0 Å². The van der Waals surface area contributed by atoms with Crippen LogP contribution >= 0.6 is 11.3 Å². The maximum absolute atomic E-state index is 13.3. The molecule has 1 amide bonds. The molecule has 32 heavy (non-hydrogen) atoms. The van der Waals surface area contributed by atoms with Crippen LogP contribution in [-0.2, 0) is 0 Å². The van der Waals surface area contributed by atoms with Gasteiger partial charge in [-0.15, -0.1) is 16.4 Å². The summed E-state index contributed by atoms with van der Waals surface area (Å²) in [6.45, 7) is 2.67. The second-order valence-electron chi connectivity index (χ2n) is 7.59. The zero-order valence-electron chi connectivity index (χ0n) is 17.4. The van der Waals surface area contributed by atoms with Crippen LogP contribution in [0.25, 0.3) is 16.4 Å². The zero-order chi connectivity index (χ0) is 21.9. The number of hydrogen-bond acceptors (Lipinski definition) is 5. The van der Waals surface area contributed by atoms with Gasteiger partial charge in [-0.2, -0.15) is 0 Å². The predicted molar refractivity (Wildman–Crippen MR) is 124 cm³/mol. The van der Waals surface area contributed by atoms with Crippen LogP contribution in [0.5, 0.6) is 0 Å².